The number of imide groups is 1. The minimum atomic E-state index is -0.557. The highest BCUT2D eigenvalue weighted by atomic mass is 35.5. The van der Waals surface area contributed by atoms with Crippen LogP contribution < -0.4 is 16.1 Å². The lowest BCUT2D eigenvalue weighted by molar-refractivity contribution is -0.118. The molecule has 3 amide bonds. The van der Waals surface area contributed by atoms with E-state index in [9.17, 15) is 9.59 Å². The topological polar surface area (TPSA) is 73.5 Å². The molecular weight excluding hydrogens is 311 g/mol. The summed E-state index contributed by atoms with van der Waals surface area (Å²) in [5, 5.41) is 7.02. The summed E-state index contributed by atoms with van der Waals surface area (Å²) in [6, 6.07) is 4.27. The summed E-state index contributed by atoms with van der Waals surface area (Å²) in [7, 11) is 0. The highest BCUT2D eigenvalue weighted by Crippen LogP contribution is 2.22. The lowest BCUT2D eigenvalue weighted by Gasteiger charge is -2.17. The molecule has 1 aliphatic heterocycles. The second-order valence-electron chi connectivity index (χ2n) is 3.66. The van der Waals surface area contributed by atoms with Crippen molar-refractivity contribution >= 4 is 58.2 Å². The van der Waals surface area contributed by atoms with Gasteiger partial charge in [-0.3, -0.25) is 15.5 Å². The molecule has 0 aromatic heterocycles. The fourth-order valence-corrected chi connectivity index (χ4v) is 2.19. The number of nitrogens with one attached hydrogen (secondary N) is 3. The maximum Gasteiger partial charge on any atom is 0.343 e. The Morgan fingerprint density at radius 1 is 1.26 bits per heavy atom. The number of hydrazine groups is 1. The largest absolute Gasteiger partial charge is 0.343 e. The van der Waals surface area contributed by atoms with Gasteiger partial charge in [0.25, 0.3) is 0 Å². The maximum absolute atomic E-state index is 11.3. The molecule has 0 aliphatic carbocycles. The number of carbonyl (C=O) groups is 2. The van der Waals surface area contributed by atoms with Crippen LogP contribution in [-0.4, -0.2) is 28.6 Å². The van der Waals surface area contributed by atoms with Crippen molar-refractivity contribution in [1.82, 2.24) is 15.8 Å². The molecule has 100 valence electrons. The number of halogens is 2. The molecule has 1 heterocycles. The predicted octanol–water partition coefficient (Wildman–Crippen LogP) is 1.75. The van der Waals surface area contributed by atoms with Crippen LogP contribution in [0.25, 0.3) is 0 Å². The minimum absolute atomic E-state index is 0.100. The van der Waals surface area contributed by atoms with E-state index in [0.29, 0.717) is 15.7 Å². The van der Waals surface area contributed by atoms with E-state index in [-0.39, 0.29) is 11.7 Å². The lowest BCUT2D eigenvalue weighted by atomic mass is 10.3. The Balaban J connectivity index is 1.98. The molecular formula is C10H8Cl2N4O2S. The van der Waals surface area contributed by atoms with E-state index in [1.54, 1.807) is 18.2 Å². The number of carbonyl (C=O) groups excluding carboxylic acids is 2. The third-order valence-electron chi connectivity index (χ3n) is 2.15. The third-order valence-corrected chi connectivity index (χ3v) is 2.78. The molecule has 0 saturated carbocycles. The van der Waals surface area contributed by atoms with Crippen molar-refractivity contribution in [2.75, 3.05) is 11.9 Å². The lowest BCUT2D eigenvalue weighted by Crippen LogP contribution is -2.45. The zero-order valence-corrected chi connectivity index (χ0v) is 11.7. The monoisotopic (exact) mass is 318 g/mol. The number of nitrogens with zero attached hydrogens (tertiary/aromatic N) is 1. The van der Waals surface area contributed by atoms with Gasteiger partial charge in [0.15, 0.2) is 5.11 Å². The van der Waals surface area contributed by atoms with Gasteiger partial charge >= 0.3 is 6.03 Å². The third kappa shape index (κ3) is 3.69. The number of hydrogen-bond acceptors (Lipinski definition) is 3. The highest BCUT2D eigenvalue weighted by molar-refractivity contribution is 7.80. The van der Waals surface area contributed by atoms with E-state index >= 15 is 0 Å². The van der Waals surface area contributed by atoms with Crippen LogP contribution in [0.3, 0.4) is 0 Å². The highest BCUT2D eigenvalue weighted by Gasteiger charge is 2.27. The first kappa shape index (κ1) is 13.9. The number of hydrogen-bond donors (Lipinski definition) is 3. The van der Waals surface area contributed by atoms with Crippen LogP contribution >= 0.6 is 35.4 Å². The number of anilines is 1. The Morgan fingerprint density at radius 3 is 2.42 bits per heavy atom. The summed E-state index contributed by atoms with van der Waals surface area (Å²) in [6.07, 6.45) is 0. The molecule has 6 nitrogen and oxygen atoms in total. The molecule has 3 N–H and O–H groups in total. The molecule has 19 heavy (non-hydrogen) atoms. The van der Waals surface area contributed by atoms with Crippen molar-refractivity contribution < 1.29 is 9.59 Å². The van der Waals surface area contributed by atoms with Crippen molar-refractivity contribution in [2.24, 2.45) is 0 Å². The Kier molecular flexibility index (Phi) is 4.08. The number of amides is 3. The van der Waals surface area contributed by atoms with Crippen LogP contribution in [-0.2, 0) is 4.79 Å². The molecule has 1 saturated heterocycles. The number of thiocarbonyl (C=S) groups is 1. The van der Waals surface area contributed by atoms with Crippen molar-refractivity contribution in [2.45, 2.75) is 0 Å². The average molecular weight is 319 g/mol. The zero-order valence-electron chi connectivity index (χ0n) is 9.37. The van der Waals surface area contributed by atoms with E-state index in [0.717, 1.165) is 5.01 Å². The van der Waals surface area contributed by atoms with Gasteiger partial charge in [0.1, 0.15) is 6.54 Å². The summed E-state index contributed by atoms with van der Waals surface area (Å²) >= 11 is 16.7. The molecule has 1 fully saturated rings. The molecule has 2 rings (SSSR count). The van der Waals surface area contributed by atoms with Gasteiger partial charge in [0, 0.05) is 15.7 Å². The normalized spacial score (nSPS) is 14.3. The Bertz CT molecular complexity index is 546. The van der Waals surface area contributed by atoms with E-state index in [4.69, 9.17) is 35.4 Å². The molecule has 1 aromatic carbocycles. The number of benzene rings is 1. The van der Waals surface area contributed by atoms with Gasteiger partial charge in [-0.2, -0.15) is 0 Å². The molecule has 0 unspecified atom stereocenters. The van der Waals surface area contributed by atoms with Crippen LogP contribution in [0.5, 0.6) is 0 Å². The van der Waals surface area contributed by atoms with Crippen LogP contribution in [0, 0.1) is 0 Å². The van der Waals surface area contributed by atoms with Gasteiger partial charge < -0.3 is 5.32 Å². The molecule has 0 radical (unpaired) electrons. The molecule has 1 aliphatic rings. The Hall–Kier alpha value is -1.57. The summed E-state index contributed by atoms with van der Waals surface area (Å²) in [4.78, 5) is 22.3. The van der Waals surface area contributed by atoms with Gasteiger partial charge in [-0.05, 0) is 30.4 Å². The molecule has 0 bridgehead atoms. The Labute approximate surface area is 124 Å². The van der Waals surface area contributed by atoms with E-state index < -0.39 is 11.9 Å². The number of rotatable bonds is 2. The minimum Gasteiger partial charge on any atom is -0.331 e. The van der Waals surface area contributed by atoms with Crippen molar-refractivity contribution in [1.29, 1.82) is 0 Å². The predicted molar refractivity (Wildman–Crippen MR) is 76.1 cm³/mol. The van der Waals surface area contributed by atoms with Gasteiger partial charge in [-0.1, -0.05) is 23.2 Å². The second kappa shape index (κ2) is 5.60. The van der Waals surface area contributed by atoms with Crippen LogP contribution in [0.1, 0.15) is 0 Å². The van der Waals surface area contributed by atoms with E-state index in [1.807, 2.05) is 0 Å². The fourth-order valence-electron chi connectivity index (χ4n) is 1.44. The van der Waals surface area contributed by atoms with Crippen molar-refractivity contribution in [3.8, 4) is 0 Å². The first-order valence-corrected chi connectivity index (χ1v) is 6.25. The van der Waals surface area contributed by atoms with Crippen LogP contribution in [0.15, 0.2) is 18.2 Å². The SMILES string of the molecule is O=C1CN(NC(=S)Nc2cc(Cl)cc(Cl)c2)C(=O)N1. The van der Waals surface area contributed by atoms with Gasteiger partial charge in [0.05, 0.1) is 0 Å². The summed E-state index contributed by atoms with van der Waals surface area (Å²) in [5.74, 6) is -0.397. The first-order valence-electron chi connectivity index (χ1n) is 5.09. The maximum atomic E-state index is 11.3. The van der Waals surface area contributed by atoms with Crippen molar-refractivity contribution in [3.05, 3.63) is 28.2 Å². The quantitative estimate of drug-likeness (QED) is 0.572. The molecule has 0 spiro atoms. The van der Waals surface area contributed by atoms with Crippen LogP contribution in [0.4, 0.5) is 10.5 Å². The van der Waals surface area contributed by atoms with Gasteiger partial charge in [-0.15, -0.1) is 0 Å². The Morgan fingerprint density at radius 2 is 1.89 bits per heavy atom. The van der Waals surface area contributed by atoms with Crippen molar-refractivity contribution in [3.63, 3.8) is 0 Å². The summed E-state index contributed by atoms with van der Waals surface area (Å²) < 4.78 is 0. The van der Waals surface area contributed by atoms with Gasteiger partial charge in [0.2, 0.25) is 5.91 Å². The molecule has 9 heteroatoms. The molecule has 1 aromatic rings. The fraction of sp³-hybridized carbons (Fsp3) is 0.100. The average Bonchev–Trinajstić information content (AvgIpc) is 2.55. The smallest absolute Gasteiger partial charge is 0.331 e. The second-order valence-corrected chi connectivity index (χ2v) is 4.94. The molecule has 0 atom stereocenters. The van der Waals surface area contributed by atoms with E-state index in [1.165, 1.54) is 0 Å². The summed E-state index contributed by atoms with van der Waals surface area (Å²) in [6.45, 7) is -0.100. The zero-order chi connectivity index (χ0) is 14.0. The number of urea groups is 1. The standard InChI is InChI=1S/C10H8Cl2N4O2S/c11-5-1-6(12)3-7(2-5)13-9(19)15-16-4-8(17)14-10(16)18/h1-3H,4H2,(H2,13,15,19)(H,14,17,18). The van der Waals surface area contributed by atoms with E-state index in [2.05, 4.69) is 16.1 Å². The summed E-state index contributed by atoms with van der Waals surface area (Å²) in [5.41, 5.74) is 3.15. The van der Waals surface area contributed by atoms with Crippen LogP contribution in [0.2, 0.25) is 10.0 Å². The first-order chi connectivity index (χ1) is 8.94. The van der Waals surface area contributed by atoms with Gasteiger partial charge in [-0.25, -0.2) is 9.80 Å².